The van der Waals surface area contributed by atoms with Crippen LogP contribution in [0.1, 0.15) is 12.5 Å². The highest BCUT2D eigenvalue weighted by Crippen LogP contribution is 2.22. The summed E-state index contributed by atoms with van der Waals surface area (Å²) in [5.74, 6) is -0.240. The molecule has 2 N–H and O–H groups in total. The lowest BCUT2D eigenvalue weighted by Crippen LogP contribution is -2.44. The van der Waals surface area contributed by atoms with Gasteiger partial charge in [-0.25, -0.2) is 9.82 Å². The third kappa shape index (κ3) is 1.80. The molecule has 1 unspecified atom stereocenters. The molecule has 1 fully saturated rings. The van der Waals surface area contributed by atoms with Crippen LogP contribution in [0.4, 0.5) is 4.39 Å². The Hall–Kier alpha value is -1.20. The molecule has 1 aromatic rings. The van der Waals surface area contributed by atoms with Crippen LogP contribution in [0.15, 0.2) is 24.3 Å². The largest absolute Gasteiger partial charge is 0.338 e. The molecule has 0 bridgehead atoms. The number of nitrogens with zero attached hydrogens (tertiary/aromatic N) is 1. The van der Waals surface area contributed by atoms with Gasteiger partial charge in [0.25, 0.3) is 0 Å². The molecule has 1 heterocycles. The first kappa shape index (κ1) is 10.3. The van der Waals surface area contributed by atoms with Crippen LogP contribution in [0.5, 0.6) is 0 Å². The summed E-state index contributed by atoms with van der Waals surface area (Å²) in [6.45, 7) is 1.95. The highest BCUT2D eigenvalue weighted by Gasteiger charge is 2.35. The Bertz CT molecular complexity index is 392. The van der Waals surface area contributed by atoms with Crippen LogP contribution in [-0.4, -0.2) is 17.2 Å². The summed E-state index contributed by atoms with van der Waals surface area (Å²) in [5.41, 5.74) is 3.66. The molecule has 1 atom stereocenters. The summed E-state index contributed by atoms with van der Waals surface area (Å²) >= 11 is 5.09. The maximum absolute atomic E-state index is 12.8. The zero-order valence-electron chi connectivity index (χ0n) is 8.54. The molecule has 3 nitrogen and oxygen atoms in total. The van der Waals surface area contributed by atoms with Crippen LogP contribution in [-0.2, 0) is 5.66 Å². The van der Waals surface area contributed by atoms with E-state index in [1.165, 1.54) is 12.1 Å². The molecule has 80 valence electrons. The van der Waals surface area contributed by atoms with Gasteiger partial charge in [-0.3, -0.25) is 5.01 Å². The van der Waals surface area contributed by atoms with Crippen LogP contribution in [0.3, 0.4) is 0 Å². The van der Waals surface area contributed by atoms with Gasteiger partial charge in [-0.2, -0.15) is 0 Å². The maximum atomic E-state index is 12.8. The highest BCUT2D eigenvalue weighted by atomic mass is 32.1. The first-order chi connectivity index (χ1) is 7.01. The summed E-state index contributed by atoms with van der Waals surface area (Å²) < 4.78 is 12.8. The van der Waals surface area contributed by atoms with Crippen molar-refractivity contribution in [1.29, 1.82) is 0 Å². The zero-order chi connectivity index (χ0) is 11.1. The molecule has 2 rings (SSSR count). The Balaban J connectivity index is 2.31. The van der Waals surface area contributed by atoms with Crippen LogP contribution in [0.2, 0.25) is 0 Å². The predicted octanol–water partition coefficient (Wildman–Crippen LogP) is 1.32. The van der Waals surface area contributed by atoms with Crippen molar-refractivity contribution in [2.24, 2.45) is 0 Å². The minimum Gasteiger partial charge on any atom is -0.338 e. The number of thiocarbonyl (C=S) groups is 1. The monoisotopic (exact) mass is 225 g/mol. The number of hydrogen-bond acceptors (Lipinski definition) is 2. The van der Waals surface area contributed by atoms with E-state index in [1.807, 2.05) is 14.0 Å². The number of halogens is 1. The predicted molar refractivity (Wildman–Crippen MR) is 60.4 cm³/mol. The zero-order valence-corrected chi connectivity index (χ0v) is 9.36. The lowest BCUT2D eigenvalue weighted by molar-refractivity contribution is 0.266. The topological polar surface area (TPSA) is 27.3 Å². The minimum absolute atomic E-state index is 0.240. The number of nitrogens with one attached hydrogen (secondary N) is 2. The summed E-state index contributed by atoms with van der Waals surface area (Å²) in [6, 6.07) is 6.34. The van der Waals surface area contributed by atoms with E-state index in [0.717, 1.165) is 5.56 Å². The van der Waals surface area contributed by atoms with E-state index in [-0.39, 0.29) is 5.82 Å². The van der Waals surface area contributed by atoms with Crippen molar-refractivity contribution in [2.45, 2.75) is 12.6 Å². The second-order valence-electron chi connectivity index (χ2n) is 3.73. The van der Waals surface area contributed by atoms with Crippen LogP contribution < -0.4 is 10.7 Å². The molecule has 1 aliphatic heterocycles. The van der Waals surface area contributed by atoms with E-state index in [9.17, 15) is 4.39 Å². The van der Waals surface area contributed by atoms with Crippen LogP contribution >= 0.6 is 12.2 Å². The van der Waals surface area contributed by atoms with Gasteiger partial charge in [0.05, 0.1) is 0 Å². The van der Waals surface area contributed by atoms with Crippen molar-refractivity contribution in [3.63, 3.8) is 0 Å². The van der Waals surface area contributed by atoms with E-state index in [4.69, 9.17) is 12.2 Å². The Morgan fingerprint density at radius 2 is 1.93 bits per heavy atom. The van der Waals surface area contributed by atoms with Gasteiger partial charge in [-0.1, -0.05) is 12.1 Å². The fourth-order valence-electron chi connectivity index (χ4n) is 1.63. The van der Waals surface area contributed by atoms with E-state index >= 15 is 0 Å². The first-order valence-electron chi connectivity index (χ1n) is 4.61. The molecule has 0 spiro atoms. The maximum Gasteiger partial charge on any atom is 0.185 e. The molecule has 0 radical (unpaired) electrons. The van der Waals surface area contributed by atoms with Crippen molar-refractivity contribution in [2.75, 3.05) is 7.05 Å². The van der Waals surface area contributed by atoms with Gasteiger partial charge in [-0.05, 0) is 36.8 Å². The van der Waals surface area contributed by atoms with Gasteiger partial charge in [0.2, 0.25) is 0 Å². The quantitative estimate of drug-likeness (QED) is 0.705. The SMILES string of the molecule is CN1NC(C)(c2ccc(F)cc2)NC1=S. The van der Waals surface area contributed by atoms with Crippen molar-refractivity contribution in [3.05, 3.63) is 35.6 Å². The average molecular weight is 225 g/mol. The second kappa shape index (κ2) is 3.43. The summed E-state index contributed by atoms with van der Waals surface area (Å²) in [5, 5.41) is 5.50. The Kier molecular flexibility index (Phi) is 2.36. The highest BCUT2D eigenvalue weighted by molar-refractivity contribution is 7.80. The van der Waals surface area contributed by atoms with Gasteiger partial charge >= 0.3 is 0 Å². The molecular formula is C10H12FN3S. The molecule has 5 heteroatoms. The van der Waals surface area contributed by atoms with Crippen LogP contribution in [0, 0.1) is 5.82 Å². The third-order valence-corrected chi connectivity index (χ3v) is 2.85. The number of benzene rings is 1. The molecule has 1 aromatic carbocycles. The molecule has 1 saturated heterocycles. The van der Waals surface area contributed by atoms with E-state index in [1.54, 1.807) is 17.1 Å². The van der Waals surface area contributed by atoms with Crippen molar-refractivity contribution >= 4 is 17.3 Å². The van der Waals surface area contributed by atoms with E-state index in [2.05, 4.69) is 10.7 Å². The number of rotatable bonds is 1. The Morgan fingerprint density at radius 3 is 2.40 bits per heavy atom. The van der Waals surface area contributed by atoms with Crippen molar-refractivity contribution in [1.82, 2.24) is 15.8 Å². The lowest BCUT2D eigenvalue weighted by atomic mass is 10.0. The van der Waals surface area contributed by atoms with Gasteiger partial charge in [0.15, 0.2) is 5.11 Å². The van der Waals surface area contributed by atoms with Gasteiger partial charge in [0.1, 0.15) is 11.5 Å². The van der Waals surface area contributed by atoms with Gasteiger partial charge in [0, 0.05) is 7.05 Å². The Morgan fingerprint density at radius 1 is 1.33 bits per heavy atom. The molecule has 0 aromatic heterocycles. The number of hydrogen-bond donors (Lipinski definition) is 2. The van der Waals surface area contributed by atoms with Gasteiger partial charge in [-0.15, -0.1) is 0 Å². The van der Waals surface area contributed by atoms with E-state index < -0.39 is 5.66 Å². The van der Waals surface area contributed by atoms with E-state index in [0.29, 0.717) is 5.11 Å². The van der Waals surface area contributed by atoms with Gasteiger partial charge < -0.3 is 5.32 Å². The number of hydrazine groups is 1. The molecular weight excluding hydrogens is 213 g/mol. The average Bonchev–Trinajstić information content (AvgIpc) is 2.43. The normalized spacial score (nSPS) is 25.5. The third-order valence-electron chi connectivity index (χ3n) is 2.47. The summed E-state index contributed by atoms with van der Waals surface area (Å²) in [6.07, 6.45) is 0. The fraction of sp³-hybridized carbons (Fsp3) is 0.300. The summed E-state index contributed by atoms with van der Waals surface area (Å²) in [4.78, 5) is 0. The molecule has 0 aliphatic carbocycles. The lowest BCUT2D eigenvalue weighted by Gasteiger charge is -2.24. The Labute approximate surface area is 93.2 Å². The molecule has 0 amide bonds. The smallest absolute Gasteiger partial charge is 0.185 e. The molecule has 0 saturated carbocycles. The standard InChI is InChI=1S/C10H12FN3S/c1-10(12-9(15)14(2)13-10)7-3-5-8(11)6-4-7/h3-6,13H,1-2H3,(H,12,15). The molecule has 1 aliphatic rings. The first-order valence-corrected chi connectivity index (χ1v) is 5.02. The van der Waals surface area contributed by atoms with Crippen molar-refractivity contribution < 1.29 is 4.39 Å². The van der Waals surface area contributed by atoms with Crippen molar-refractivity contribution in [3.8, 4) is 0 Å². The summed E-state index contributed by atoms with van der Waals surface area (Å²) in [7, 11) is 1.84. The molecule has 15 heavy (non-hydrogen) atoms. The van der Waals surface area contributed by atoms with Crippen LogP contribution in [0.25, 0.3) is 0 Å². The minimum atomic E-state index is -0.459. The fourth-order valence-corrected chi connectivity index (χ4v) is 1.88. The second-order valence-corrected chi connectivity index (χ2v) is 4.12.